The molecule has 2 aromatic rings. The lowest BCUT2D eigenvalue weighted by Crippen LogP contribution is -2.34. The fourth-order valence-corrected chi connectivity index (χ4v) is 2.82. The molecule has 0 aliphatic heterocycles. The third-order valence-electron chi connectivity index (χ3n) is 3.10. The number of methoxy groups -OCH3 is 1. The van der Waals surface area contributed by atoms with Gasteiger partial charge in [0.1, 0.15) is 11.5 Å². The molecule has 2 N–H and O–H groups in total. The second-order valence-corrected chi connectivity index (χ2v) is 6.71. The Balaban J connectivity index is 2.00. The average Bonchev–Trinajstić information content (AvgIpc) is 2.54. The molecule has 25 heavy (non-hydrogen) atoms. The summed E-state index contributed by atoms with van der Waals surface area (Å²) in [7, 11) is 1.59. The summed E-state index contributed by atoms with van der Waals surface area (Å²) >= 11 is 8.60. The zero-order chi connectivity index (χ0) is 18.4. The van der Waals surface area contributed by atoms with E-state index in [1.165, 1.54) is 0 Å². The van der Waals surface area contributed by atoms with E-state index in [2.05, 4.69) is 26.6 Å². The van der Waals surface area contributed by atoms with E-state index in [9.17, 15) is 4.79 Å². The van der Waals surface area contributed by atoms with E-state index in [4.69, 9.17) is 21.7 Å². The number of rotatable bonds is 5. The minimum absolute atomic E-state index is 0.0366. The van der Waals surface area contributed by atoms with Crippen LogP contribution in [-0.4, -0.2) is 24.2 Å². The van der Waals surface area contributed by atoms with Crippen LogP contribution in [-0.2, 0) is 0 Å². The Labute approximate surface area is 160 Å². The number of carbonyl (C=O) groups excluding carboxylic acids is 1. The van der Waals surface area contributed by atoms with Crippen LogP contribution in [0.15, 0.2) is 46.9 Å². The summed E-state index contributed by atoms with van der Waals surface area (Å²) in [6, 6.07) is 12.4. The van der Waals surface area contributed by atoms with E-state index >= 15 is 0 Å². The number of ether oxygens (including phenoxy) is 2. The number of nitrogens with one attached hydrogen (secondary N) is 2. The van der Waals surface area contributed by atoms with Crippen LogP contribution in [0.3, 0.4) is 0 Å². The molecule has 0 fully saturated rings. The molecule has 2 aromatic carbocycles. The summed E-state index contributed by atoms with van der Waals surface area (Å²) in [4.78, 5) is 12.3. The highest BCUT2D eigenvalue weighted by molar-refractivity contribution is 9.10. The van der Waals surface area contributed by atoms with Crippen molar-refractivity contribution in [2.75, 3.05) is 12.4 Å². The van der Waals surface area contributed by atoms with Crippen LogP contribution in [0.4, 0.5) is 5.69 Å². The van der Waals surface area contributed by atoms with Crippen LogP contribution in [0.1, 0.15) is 24.2 Å². The van der Waals surface area contributed by atoms with Crippen molar-refractivity contribution in [1.82, 2.24) is 5.32 Å². The van der Waals surface area contributed by atoms with Crippen molar-refractivity contribution in [2.45, 2.75) is 20.0 Å². The molecule has 0 spiro atoms. The van der Waals surface area contributed by atoms with Gasteiger partial charge in [-0.05, 0) is 78.4 Å². The smallest absolute Gasteiger partial charge is 0.257 e. The lowest BCUT2D eigenvalue weighted by Gasteiger charge is -2.13. The summed E-state index contributed by atoms with van der Waals surface area (Å²) in [5.74, 6) is 1.04. The quantitative estimate of drug-likeness (QED) is 0.700. The van der Waals surface area contributed by atoms with Crippen LogP contribution >= 0.6 is 28.1 Å². The number of amides is 1. The molecule has 0 unspecified atom stereocenters. The molecule has 0 heterocycles. The molecule has 1 amide bonds. The van der Waals surface area contributed by atoms with Gasteiger partial charge in [-0.15, -0.1) is 0 Å². The lowest BCUT2D eigenvalue weighted by atomic mass is 10.2. The van der Waals surface area contributed by atoms with Gasteiger partial charge in [0.2, 0.25) is 0 Å². The van der Waals surface area contributed by atoms with Crippen molar-refractivity contribution >= 4 is 44.9 Å². The van der Waals surface area contributed by atoms with Crippen LogP contribution in [0.2, 0.25) is 0 Å². The highest BCUT2D eigenvalue weighted by atomic mass is 79.9. The molecule has 5 nitrogen and oxygen atoms in total. The first-order valence-corrected chi connectivity index (χ1v) is 8.81. The molecule has 2 rings (SSSR count). The van der Waals surface area contributed by atoms with Gasteiger partial charge in [0.25, 0.3) is 5.91 Å². The first-order valence-electron chi connectivity index (χ1n) is 7.61. The average molecular weight is 423 g/mol. The standard InChI is InChI=1S/C18H19BrN2O3S/c1-11(2)24-14-6-4-5-12(9-14)17(22)21-18(25)20-13-7-8-16(23-3)15(19)10-13/h4-11H,1-3H3,(H2,20,21,22,25). The molecule has 0 aromatic heterocycles. The van der Waals surface area contributed by atoms with Gasteiger partial charge in [-0.25, -0.2) is 0 Å². The highest BCUT2D eigenvalue weighted by Crippen LogP contribution is 2.27. The SMILES string of the molecule is COc1ccc(NC(=S)NC(=O)c2cccc(OC(C)C)c2)cc1Br. The molecule has 0 saturated heterocycles. The predicted molar refractivity (Wildman–Crippen MR) is 107 cm³/mol. The molecule has 0 radical (unpaired) electrons. The molecule has 0 atom stereocenters. The van der Waals surface area contributed by atoms with Crippen LogP contribution < -0.4 is 20.1 Å². The fraction of sp³-hybridized carbons (Fsp3) is 0.222. The number of hydrogen-bond acceptors (Lipinski definition) is 4. The number of carbonyl (C=O) groups is 1. The second kappa shape index (κ2) is 8.82. The van der Waals surface area contributed by atoms with Crippen molar-refractivity contribution in [1.29, 1.82) is 0 Å². The van der Waals surface area contributed by atoms with Gasteiger partial charge in [0.05, 0.1) is 17.7 Å². The molecule has 0 aliphatic rings. The van der Waals surface area contributed by atoms with E-state index in [0.29, 0.717) is 17.1 Å². The number of hydrogen-bond donors (Lipinski definition) is 2. The monoisotopic (exact) mass is 422 g/mol. The Morgan fingerprint density at radius 1 is 1.20 bits per heavy atom. The van der Waals surface area contributed by atoms with Gasteiger partial charge >= 0.3 is 0 Å². The Morgan fingerprint density at radius 2 is 1.96 bits per heavy atom. The minimum atomic E-state index is -0.306. The lowest BCUT2D eigenvalue weighted by molar-refractivity contribution is 0.0977. The van der Waals surface area contributed by atoms with E-state index in [0.717, 1.165) is 10.2 Å². The highest BCUT2D eigenvalue weighted by Gasteiger charge is 2.10. The third-order valence-corrected chi connectivity index (χ3v) is 3.93. The van der Waals surface area contributed by atoms with Crippen LogP contribution in [0.5, 0.6) is 11.5 Å². The maximum Gasteiger partial charge on any atom is 0.257 e. The van der Waals surface area contributed by atoms with E-state index in [-0.39, 0.29) is 17.1 Å². The molecule has 0 aliphatic carbocycles. The van der Waals surface area contributed by atoms with Crippen molar-refractivity contribution in [3.63, 3.8) is 0 Å². The zero-order valence-corrected chi connectivity index (χ0v) is 16.5. The Bertz CT molecular complexity index is 781. The van der Waals surface area contributed by atoms with Crippen LogP contribution in [0.25, 0.3) is 0 Å². The molecular weight excluding hydrogens is 404 g/mol. The molecule has 7 heteroatoms. The third kappa shape index (κ3) is 5.72. The number of anilines is 1. The number of thiocarbonyl (C=S) groups is 1. The fourth-order valence-electron chi connectivity index (χ4n) is 2.06. The summed E-state index contributed by atoms with van der Waals surface area (Å²) in [5, 5.41) is 5.82. The zero-order valence-electron chi connectivity index (χ0n) is 14.1. The topological polar surface area (TPSA) is 59.6 Å². The van der Waals surface area contributed by atoms with Crippen molar-refractivity contribution in [3.05, 3.63) is 52.5 Å². The summed E-state index contributed by atoms with van der Waals surface area (Å²) in [5.41, 5.74) is 1.20. The first-order chi connectivity index (χ1) is 11.9. The van der Waals surface area contributed by atoms with Gasteiger partial charge in [-0.2, -0.15) is 0 Å². The molecule has 0 bridgehead atoms. The maximum atomic E-state index is 12.3. The van der Waals surface area contributed by atoms with Gasteiger partial charge in [-0.1, -0.05) is 6.07 Å². The summed E-state index contributed by atoms with van der Waals surface area (Å²) in [6.45, 7) is 3.86. The van der Waals surface area contributed by atoms with Crippen molar-refractivity contribution in [2.24, 2.45) is 0 Å². The first kappa shape index (κ1) is 19.2. The van der Waals surface area contributed by atoms with Gasteiger partial charge in [-0.3, -0.25) is 10.1 Å². The van der Waals surface area contributed by atoms with Gasteiger partial charge < -0.3 is 14.8 Å². The van der Waals surface area contributed by atoms with Gasteiger partial charge in [0.15, 0.2) is 5.11 Å². The van der Waals surface area contributed by atoms with E-state index in [1.54, 1.807) is 37.4 Å². The van der Waals surface area contributed by atoms with Crippen molar-refractivity contribution in [3.8, 4) is 11.5 Å². The number of halogens is 1. The summed E-state index contributed by atoms with van der Waals surface area (Å²) < 4.78 is 11.6. The Morgan fingerprint density at radius 3 is 2.60 bits per heavy atom. The summed E-state index contributed by atoms with van der Waals surface area (Å²) in [6.07, 6.45) is 0.0366. The Kier molecular flexibility index (Phi) is 6.78. The number of benzene rings is 2. The second-order valence-electron chi connectivity index (χ2n) is 5.45. The molecular formula is C18H19BrN2O3S. The predicted octanol–water partition coefficient (Wildman–Crippen LogP) is 4.37. The molecule has 0 saturated carbocycles. The van der Waals surface area contributed by atoms with E-state index < -0.39 is 0 Å². The van der Waals surface area contributed by atoms with Crippen LogP contribution in [0, 0.1) is 0 Å². The molecule has 132 valence electrons. The Hall–Kier alpha value is -2.12. The maximum absolute atomic E-state index is 12.3. The van der Waals surface area contributed by atoms with Crippen molar-refractivity contribution < 1.29 is 14.3 Å². The minimum Gasteiger partial charge on any atom is -0.496 e. The van der Waals surface area contributed by atoms with E-state index in [1.807, 2.05) is 26.0 Å². The van der Waals surface area contributed by atoms with Gasteiger partial charge in [0, 0.05) is 11.3 Å². The normalized spacial score (nSPS) is 10.3. The largest absolute Gasteiger partial charge is 0.496 e.